The lowest BCUT2D eigenvalue weighted by atomic mass is 10.0. The van der Waals surface area contributed by atoms with E-state index in [1.165, 1.54) is 83.5 Å². The van der Waals surface area contributed by atoms with Crippen molar-refractivity contribution in [3.63, 3.8) is 0 Å². The van der Waals surface area contributed by atoms with Crippen LogP contribution in [0.3, 0.4) is 0 Å². The number of esters is 1. The molecule has 0 aliphatic rings. The maximum absolute atomic E-state index is 12.6. The number of ether oxygens (including phenoxy) is 1. The molecule has 0 aromatic rings. The summed E-state index contributed by atoms with van der Waals surface area (Å²) in [6, 6.07) is -0.602. The van der Waals surface area contributed by atoms with Gasteiger partial charge < -0.3 is 20.3 Å². The van der Waals surface area contributed by atoms with Crippen molar-refractivity contribution in [1.82, 2.24) is 5.32 Å². The van der Waals surface area contributed by atoms with E-state index < -0.39 is 36.3 Å². The third-order valence-corrected chi connectivity index (χ3v) is 7.59. The third-order valence-electron chi connectivity index (χ3n) is 7.59. The third kappa shape index (κ3) is 25.5. The van der Waals surface area contributed by atoms with E-state index in [4.69, 9.17) is 9.84 Å². The first-order valence-electron chi connectivity index (χ1n) is 16.8. The molecule has 8 heteroatoms. The molecule has 0 aliphatic carbocycles. The molecular weight excluding hydrogens is 534 g/mol. The van der Waals surface area contributed by atoms with Gasteiger partial charge in [0.15, 0.2) is 5.78 Å². The molecular formula is C34H61NO7. The fourth-order valence-electron chi connectivity index (χ4n) is 5.05. The predicted molar refractivity (Wildman–Crippen MR) is 169 cm³/mol. The van der Waals surface area contributed by atoms with Crippen molar-refractivity contribution in [2.75, 3.05) is 13.2 Å². The van der Waals surface area contributed by atoms with Gasteiger partial charge in [-0.25, -0.2) is 0 Å². The zero-order valence-electron chi connectivity index (χ0n) is 26.7. The minimum atomic E-state index is -1.16. The molecule has 0 aliphatic heterocycles. The number of carboxylic acid groups (broad SMARTS) is 2. The monoisotopic (exact) mass is 595 g/mol. The number of Topliss-reactive ketones (excluding diaryl/α,β-unsaturated/α-hetero) is 1. The van der Waals surface area contributed by atoms with E-state index in [1.807, 2.05) is 6.08 Å². The van der Waals surface area contributed by atoms with E-state index in [0.717, 1.165) is 38.5 Å². The van der Waals surface area contributed by atoms with Gasteiger partial charge in [0.2, 0.25) is 0 Å². The second-order valence-electron chi connectivity index (χ2n) is 11.6. The molecule has 0 saturated carbocycles. The fourth-order valence-corrected chi connectivity index (χ4v) is 5.05. The topological polar surface area (TPSA) is 130 Å². The van der Waals surface area contributed by atoms with Gasteiger partial charge >= 0.3 is 17.9 Å². The van der Waals surface area contributed by atoms with Gasteiger partial charge in [0.25, 0.3) is 0 Å². The first-order valence-corrected chi connectivity index (χ1v) is 16.8. The molecule has 0 spiro atoms. The van der Waals surface area contributed by atoms with E-state index in [1.54, 1.807) is 6.08 Å². The minimum absolute atomic E-state index is 0.0181. The second kappa shape index (κ2) is 28.9. The summed E-state index contributed by atoms with van der Waals surface area (Å²) in [5.41, 5.74) is 0. The smallest absolute Gasteiger partial charge is 0.313 e. The number of carbonyl (C=O) groups excluding carboxylic acids is 2. The number of rotatable bonds is 31. The normalized spacial score (nSPS) is 12.8. The Morgan fingerprint density at radius 3 is 1.69 bits per heavy atom. The SMILES string of the molecule is CCCCCCCCCC/C=C/C(CC(=O)O)C(=O)OCCNC(CCCCCCCCCCCC)C(=O)CC(=O)O. The number of hydrogen-bond donors (Lipinski definition) is 3. The van der Waals surface area contributed by atoms with Gasteiger partial charge in [0, 0.05) is 6.54 Å². The highest BCUT2D eigenvalue weighted by atomic mass is 16.5. The molecule has 0 aromatic carbocycles. The highest BCUT2D eigenvalue weighted by Crippen LogP contribution is 2.14. The molecule has 42 heavy (non-hydrogen) atoms. The van der Waals surface area contributed by atoms with Crippen LogP contribution in [0.1, 0.15) is 155 Å². The van der Waals surface area contributed by atoms with Crippen molar-refractivity contribution < 1.29 is 34.1 Å². The highest BCUT2D eigenvalue weighted by Gasteiger charge is 2.22. The van der Waals surface area contributed by atoms with Crippen molar-refractivity contribution in [2.24, 2.45) is 5.92 Å². The van der Waals surface area contributed by atoms with Crippen molar-refractivity contribution in [3.05, 3.63) is 12.2 Å². The number of ketones is 1. The zero-order valence-corrected chi connectivity index (χ0v) is 26.7. The van der Waals surface area contributed by atoms with Gasteiger partial charge in [-0.05, 0) is 19.3 Å². The van der Waals surface area contributed by atoms with Crippen molar-refractivity contribution in [2.45, 2.75) is 161 Å². The summed E-state index contributed by atoms with van der Waals surface area (Å²) in [4.78, 5) is 47.4. The summed E-state index contributed by atoms with van der Waals surface area (Å²) in [5.74, 6) is -4.06. The van der Waals surface area contributed by atoms with E-state index in [2.05, 4.69) is 19.2 Å². The van der Waals surface area contributed by atoms with E-state index in [-0.39, 0.29) is 25.4 Å². The Balaban J connectivity index is 4.42. The van der Waals surface area contributed by atoms with Crippen LogP contribution in [0.25, 0.3) is 0 Å². The minimum Gasteiger partial charge on any atom is -0.481 e. The Morgan fingerprint density at radius 1 is 0.690 bits per heavy atom. The van der Waals surface area contributed by atoms with E-state index in [0.29, 0.717) is 6.42 Å². The Hall–Kier alpha value is -2.22. The number of aliphatic carboxylic acids is 2. The molecule has 2 atom stereocenters. The first kappa shape index (κ1) is 39.8. The van der Waals surface area contributed by atoms with Crippen LogP contribution in [0.15, 0.2) is 12.2 Å². The molecule has 0 saturated heterocycles. The summed E-state index contributed by atoms with van der Waals surface area (Å²) in [6.07, 6.45) is 25.4. The quantitative estimate of drug-likeness (QED) is 0.0318. The van der Waals surface area contributed by atoms with Gasteiger partial charge in [0.05, 0.1) is 18.4 Å². The summed E-state index contributed by atoms with van der Waals surface area (Å²) >= 11 is 0. The van der Waals surface area contributed by atoms with Crippen LogP contribution in [0.2, 0.25) is 0 Å². The van der Waals surface area contributed by atoms with Crippen molar-refractivity contribution in [1.29, 1.82) is 0 Å². The number of unbranched alkanes of at least 4 members (excludes halogenated alkanes) is 17. The fraction of sp³-hybridized carbons (Fsp3) is 0.824. The molecule has 0 heterocycles. The van der Waals surface area contributed by atoms with Gasteiger partial charge in [-0.2, -0.15) is 0 Å². The molecule has 0 fully saturated rings. The molecule has 244 valence electrons. The Labute approximate surface area is 255 Å². The summed E-state index contributed by atoms with van der Waals surface area (Å²) in [7, 11) is 0. The zero-order chi connectivity index (χ0) is 31.3. The van der Waals surface area contributed by atoms with Crippen LogP contribution < -0.4 is 5.32 Å². The molecule has 0 aromatic heterocycles. The standard InChI is InChI=1S/C34H61NO7/c1-3-5-7-9-11-13-15-17-19-21-23-29(27-32(37)38)34(41)42-26-25-35-30(31(36)28-33(39)40)24-22-20-18-16-14-12-10-8-6-4-2/h21,23,29-30,35H,3-20,22,24-28H2,1-2H3,(H,37,38)(H,39,40)/b23-21+. The Morgan fingerprint density at radius 2 is 1.19 bits per heavy atom. The number of hydrogen-bond acceptors (Lipinski definition) is 6. The van der Waals surface area contributed by atoms with Crippen LogP contribution in [0.4, 0.5) is 0 Å². The molecule has 3 N–H and O–H groups in total. The van der Waals surface area contributed by atoms with Gasteiger partial charge in [-0.3, -0.25) is 19.2 Å². The molecule has 0 amide bonds. The number of carbonyl (C=O) groups is 4. The molecule has 8 nitrogen and oxygen atoms in total. The highest BCUT2D eigenvalue weighted by molar-refractivity contribution is 5.97. The first-order chi connectivity index (χ1) is 20.3. The van der Waals surface area contributed by atoms with Gasteiger partial charge in [-0.15, -0.1) is 0 Å². The number of allylic oxidation sites excluding steroid dienone is 1. The lowest BCUT2D eigenvalue weighted by Crippen LogP contribution is -2.40. The van der Waals surface area contributed by atoms with Crippen LogP contribution >= 0.6 is 0 Å². The maximum Gasteiger partial charge on any atom is 0.313 e. The molecule has 0 rings (SSSR count). The average molecular weight is 596 g/mol. The molecule has 0 bridgehead atoms. The van der Waals surface area contributed by atoms with Gasteiger partial charge in [0.1, 0.15) is 13.0 Å². The van der Waals surface area contributed by atoms with Crippen molar-refractivity contribution in [3.8, 4) is 0 Å². The maximum atomic E-state index is 12.6. The van der Waals surface area contributed by atoms with E-state index >= 15 is 0 Å². The summed E-state index contributed by atoms with van der Waals surface area (Å²) < 4.78 is 5.32. The Kier molecular flexibility index (Phi) is 27.4. The van der Waals surface area contributed by atoms with Crippen LogP contribution in [0, 0.1) is 5.92 Å². The predicted octanol–water partition coefficient (Wildman–Crippen LogP) is 8.02. The van der Waals surface area contributed by atoms with Crippen LogP contribution in [-0.2, 0) is 23.9 Å². The molecule has 0 radical (unpaired) electrons. The van der Waals surface area contributed by atoms with Gasteiger partial charge in [-0.1, -0.05) is 135 Å². The van der Waals surface area contributed by atoms with Crippen molar-refractivity contribution >= 4 is 23.7 Å². The number of carboxylic acids is 2. The second-order valence-corrected chi connectivity index (χ2v) is 11.6. The lowest BCUT2D eigenvalue weighted by molar-refractivity contribution is -0.151. The molecule has 2 unspecified atom stereocenters. The van der Waals surface area contributed by atoms with Crippen LogP contribution in [0.5, 0.6) is 0 Å². The summed E-state index contributed by atoms with van der Waals surface area (Å²) in [6.45, 7) is 4.60. The Bertz CT molecular complexity index is 737. The lowest BCUT2D eigenvalue weighted by Gasteiger charge is -2.17. The van der Waals surface area contributed by atoms with E-state index in [9.17, 15) is 24.3 Å². The summed E-state index contributed by atoms with van der Waals surface area (Å²) in [5, 5.41) is 21.3. The number of nitrogens with one attached hydrogen (secondary N) is 1. The average Bonchev–Trinajstić information content (AvgIpc) is 2.94. The largest absolute Gasteiger partial charge is 0.481 e. The van der Waals surface area contributed by atoms with Crippen LogP contribution in [-0.4, -0.2) is 53.1 Å².